The highest BCUT2D eigenvalue weighted by Gasteiger charge is 2.20. The molecular formula is C21H34N2O5S. The first-order chi connectivity index (χ1) is 13.7. The molecule has 0 radical (unpaired) electrons. The number of ether oxygens (including phenoxy) is 2. The number of thiophene rings is 1. The molecule has 8 heteroatoms. The predicted molar refractivity (Wildman–Crippen MR) is 115 cm³/mol. The molecule has 0 spiro atoms. The van der Waals surface area contributed by atoms with Crippen LogP contribution < -0.4 is 10.6 Å². The Morgan fingerprint density at radius 2 is 1.76 bits per heavy atom. The number of anilines is 1. The Balaban J connectivity index is 2.72. The minimum absolute atomic E-state index is 0.124. The van der Waals surface area contributed by atoms with Gasteiger partial charge in [-0.3, -0.25) is 4.79 Å². The minimum Gasteiger partial charge on any atom is -0.462 e. The zero-order valence-electron chi connectivity index (χ0n) is 18.2. The zero-order valence-corrected chi connectivity index (χ0v) is 19.0. The van der Waals surface area contributed by atoms with Crippen molar-refractivity contribution >= 4 is 34.3 Å². The summed E-state index contributed by atoms with van der Waals surface area (Å²) in [6.07, 6.45) is 5.16. The Labute approximate surface area is 177 Å². The molecule has 0 fully saturated rings. The van der Waals surface area contributed by atoms with Gasteiger partial charge < -0.3 is 20.1 Å². The highest BCUT2D eigenvalue weighted by atomic mass is 32.1. The highest BCUT2D eigenvalue weighted by molar-refractivity contribution is 7.16. The molecule has 1 heterocycles. The van der Waals surface area contributed by atoms with Crippen LogP contribution >= 0.6 is 11.3 Å². The molecule has 0 bridgehead atoms. The number of amides is 2. The van der Waals surface area contributed by atoms with Crippen molar-refractivity contribution in [2.75, 3.05) is 11.9 Å². The number of carbonyl (C=O) groups excluding carboxylic acids is 3. The molecule has 0 aliphatic rings. The molecule has 0 aliphatic carbocycles. The summed E-state index contributed by atoms with van der Waals surface area (Å²) in [4.78, 5) is 37.1. The van der Waals surface area contributed by atoms with E-state index in [1.54, 1.807) is 33.8 Å². The number of rotatable bonds is 11. The van der Waals surface area contributed by atoms with E-state index < -0.39 is 17.7 Å². The van der Waals surface area contributed by atoms with Gasteiger partial charge in [0.1, 0.15) is 10.6 Å². The molecule has 0 saturated carbocycles. The van der Waals surface area contributed by atoms with Crippen LogP contribution in [0, 0.1) is 0 Å². The van der Waals surface area contributed by atoms with E-state index in [0.717, 1.165) is 30.6 Å². The van der Waals surface area contributed by atoms with Gasteiger partial charge in [-0.2, -0.15) is 0 Å². The molecular weight excluding hydrogens is 392 g/mol. The van der Waals surface area contributed by atoms with E-state index in [1.807, 2.05) is 0 Å². The van der Waals surface area contributed by atoms with Crippen LogP contribution in [0.1, 0.15) is 88.4 Å². The van der Waals surface area contributed by atoms with Gasteiger partial charge in [0.05, 0.1) is 18.7 Å². The first-order valence-corrected chi connectivity index (χ1v) is 11.0. The van der Waals surface area contributed by atoms with E-state index in [4.69, 9.17) is 9.47 Å². The third-order valence-corrected chi connectivity index (χ3v) is 4.90. The second-order valence-electron chi connectivity index (χ2n) is 7.74. The molecule has 0 saturated heterocycles. The number of hydrogen-bond acceptors (Lipinski definition) is 6. The summed E-state index contributed by atoms with van der Waals surface area (Å²) in [5.74, 6) is -0.619. The third kappa shape index (κ3) is 10.3. The van der Waals surface area contributed by atoms with Crippen molar-refractivity contribution in [3.63, 3.8) is 0 Å². The van der Waals surface area contributed by atoms with E-state index in [1.165, 1.54) is 17.8 Å². The lowest BCUT2D eigenvalue weighted by molar-refractivity contribution is -0.116. The second kappa shape index (κ2) is 12.5. The van der Waals surface area contributed by atoms with E-state index in [2.05, 4.69) is 17.6 Å². The molecule has 0 aromatic carbocycles. The average Bonchev–Trinajstić information content (AvgIpc) is 3.01. The van der Waals surface area contributed by atoms with Crippen LogP contribution in [-0.4, -0.2) is 30.2 Å². The zero-order chi connectivity index (χ0) is 21.9. The predicted octanol–water partition coefficient (Wildman–Crippen LogP) is 5.25. The van der Waals surface area contributed by atoms with Gasteiger partial charge >= 0.3 is 12.1 Å². The van der Waals surface area contributed by atoms with Crippen LogP contribution in [-0.2, 0) is 20.8 Å². The van der Waals surface area contributed by atoms with Crippen LogP contribution in [0.15, 0.2) is 6.07 Å². The molecule has 0 unspecified atom stereocenters. The van der Waals surface area contributed by atoms with Gasteiger partial charge in [0, 0.05) is 11.3 Å². The van der Waals surface area contributed by atoms with Crippen molar-refractivity contribution in [1.82, 2.24) is 5.32 Å². The van der Waals surface area contributed by atoms with Gasteiger partial charge in [-0.25, -0.2) is 9.59 Å². The van der Waals surface area contributed by atoms with Crippen molar-refractivity contribution in [3.8, 4) is 0 Å². The summed E-state index contributed by atoms with van der Waals surface area (Å²) in [6.45, 7) is 9.66. The Morgan fingerprint density at radius 3 is 2.38 bits per heavy atom. The Kier molecular flexibility index (Phi) is 10.7. The first kappa shape index (κ1) is 24.9. The summed E-state index contributed by atoms with van der Waals surface area (Å²) in [6, 6.07) is 1.64. The van der Waals surface area contributed by atoms with Crippen molar-refractivity contribution in [2.24, 2.45) is 0 Å². The van der Waals surface area contributed by atoms with Gasteiger partial charge in [0.15, 0.2) is 0 Å². The van der Waals surface area contributed by atoms with Crippen LogP contribution in [0.2, 0.25) is 0 Å². The third-order valence-electron chi connectivity index (χ3n) is 3.84. The van der Waals surface area contributed by atoms with Crippen molar-refractivity contribution in [1.29, 1.82) is 0 Å². The Hall–Kier alpha value is -2.09. The maximum atomic E-state index is 12.3. The number of unbranched alkanes of at least 4 members (excludes halogenated alkanes) is 4. The van der Waals surface area contributed by atoms with Crippen LogP contribution in [0.3, 0.4) is 0 Å². The molecule has 0 aliphatic heterocycles. The van der Waals surface area contributed by atoms with E-state index in [-0.39, 0.29) is 19.1 Å². The second-order valence-corrected chi connectivity index (χ2v) is 8.88. The summed E-state index contributed by atoms with van der Waals surface area (Å²) in [5, 5.41) is 5.93. The lowest BCUT2D eigenvalue weighted by Crippen LogP contribution is -2.31. The standard InChI is InChI=1S/C21H34N2O5S/c1-6-8-9-10-11-12-17(24)23-18-16(19(25)27-7-2)13-15(29-18)14-22-20(26)28-21(3,4)5/h13H,6-12,14H2,1-5H3,(H,22,26)(H,23,24). The quantitative estimate of drug-likeness (QED) is 0.372. The van der Waals surface area contributed by atoms with E-state index in [9.17, 15) is 14.4 Å². The molecule has 1 aromatic heterocycles. The Morgan fingerprint density at radius 1 is 1.07 bits per heavy atom. The topological polar surface area (TPSA) is 93.7 Å². The van der Waals surface area contributed by atoms with Crippen molar-refractivity contribution < 1.29 is 23.9 Å². The normalized spacial score (nSPS) is 11.1. The smallest absolute Gasteiger partial charge is 0.407 e. The fourth-order valence-electron chi connectivity index (χ4n) is 2.53. The van der Waals surface area contributed by atoms with Crippen molar-refractivity contribution in [2.45, 2.75) is 85.3 Å². The van der Waals surface area contributed by atoms with E-state index in [0.29, 0.717) is 17.0 Å². The number of esters is 1. The lowest BCUT2D eigenvalue weighted by atomic mass is 10.1. The average molecular weight is 427 g/mol. The maximum absolute atomic E-state index is 12.3. The van der Waals surface area contributed by atoms with Gasteiger partial charge in [0.2, 0.25) is 5.91 Å². The molecule has 1 aromatic rings. The van der Waals surface area contributed by atoms with Gasteiger partial charge in [0.25, 0.3) is 0 Å². The van der Waals surface area contributed by atoms with Crippen LogP contribution in [0.4, 0.5) is 9.80 Å². The maximum Gasteiger partial charge on any atom is 0.407 e. The fraction of sp³-hybridized carbons (Fsp3) is 0.667. The molecule has 7 nitrogen and oxygen atoms in total. The number of alkyl carbamates (subject to hydrolysis) is 1. The van der Waals surface area contributed by atoms with Crippen molar-refractivity contribution in [3.05, 3.63) is 16.5 Å². The van der Waals surface area contributed by atoms with E-state index >= 15 is 0 Å². The van der Waals surface area contributed by atoms with Crippen LogP contribution in [0.25, 0.3) is 0 Å². The van der Waals surface area contributed by atoms with Gasteiger partial charge in [-0.05, 0) is 40.2 Å². The first-order valence-electron chi connectivity index (χ1n) is 10.2. The summed E-state index contributed by atoms with van der Waals surface area (Å²) < 4.78 is 10.3. The van der Waals surface area contributed by atoms with Crippen LogP contribution in [0.5, 0.6) is 0 Å². The molecule has 29 heavy (non-hydrogen) atoms. The monoisotopic (exact) mass is 426 g/mol. The highest BCUT2D eigenvalue weighted by Crippen LogP contribution is 2.29. The molecule has 164 valence electrons. The molecule has 1 rings (SSSR count). The molecule has 0 atom stereocenters. The number of hydrogen-bond donors (Lipinski definition) is 2. The fourth-order valence-corrected chi connectivity index (χ4v) is 3.53. The Bertz CT molecular complexity index is 679. The summed E-state index contributed by atoms with van der Waals surface area (Å²) in [5.41, 5.74) is -0.288. The van der Waals surface area contributed by atoms with Gasteiger partial charge in [-0.1, -0.05) is 32.6 Å². The SMILES string of the molecule is CCCCCCCC(=O)Nc1sc(CNC(=O)OC(C)(C)C)cc1C(=O)OCC. The van der Waals surface area contributed by atoms with Gasteiger partial charge in [-0.15, -0.1) is 11.3 Å². The summed E-state index contributed by atoms with van der Waals surface area (Å²) in [7, 11) is 0. The lowest BCUT2D eigenvalue weighted by Gasteiger charge is -2.19. The number of nitrogens with one attached hydrogen (secondary N) is 2. The number of carbonyl (C=O) groups is 3. The molecule has 2 amide bonds. The minimum atomic E-state index is -0.591. The summed E-state index contributed by atoms with van der Waals surface area (Å²) >= 11 is 1.25. The largest absolute Gasteiger partial charge is 0.462 e. The molecule has 2 N–H and O–H groups in total.